The van der Waals surface area contributed by atoms with Crippen LogP contribution in [0.3, 0.4) is 0 Å². The van der Waals surface area contributed by atoms with Crippen molar-refractivity contribution in [3.8, 4) is 5.75 Å². The lowest BCUT2D eigenvalue weighted by atomic mass is 10.0. The van der Waals surface area contributed by atoms with Crippen LogP contribution in [0.25, 0.3) is 0 Å². The van der Waals surface area contributed by atoms with Crippen LogP contribution in [0.5, 0.6) is 5.75 Å². The maximum atomic E-state index is 11.4. The predicted molar refractivity (Wildman–Crippen MR) is 74.4 cm³/mol. The SMILES string of the molecule is CCS(=O)(=O)CCCC(NN)c1ccncc1OC. The lowest BCUT2D eigenvalue weighted by Crippen LogP contribution is -2.29. The van der Waals surface area contributed by atoms with Gasteiger partial charge in [0.05, 0.1) is 19.1 Å². The molecule has 1 aromatic heterocycles. The summed E-state index contributed by atoms with van der Waals surface area (Å²) in [5.74, 6) is 6.53. The molecule has 0 saturated heterocycles. The fourth-order valence-electron chi connectivity index (χ4n) is 1.83. The average molecular weight is 287 g/mol. The minimum absolute atomic E-state index is 0.148. The zero-order chi connectivity index (χ0) is 14.3. The average Bonchev–Trinajstić information content (AvgIpc) is 2.43. The second kappa shape index (κ2) is 7.42. The molecule has 0 fully saturated rings. The van der Waals surface area contributed by atoms with Crippen LogP contribution in [0, 0.1) is 0 Å². The number of pyridine rings is 1. The van der Waals surface area contributed by atoms with Gasteiger partial charge >= 0.3 is 0 Å². The molecule has 0 bridgehead atoms. The Morgan fingerprint density at radius 2 is 2.26 bits per heavy atom. The molecule has 1 heterocycles. The first-order valence-electron chi connectivity index (χ1n) is 6.18. The van der Waals surface area contributed by atoms with Crippen molar-refractivity contribution in [1.29, 1.82) is 0 Å². The molecule has 0 aliphatic rings. The highest BCUT2D eigenvalue weighted by Crippen LogP contribution is 2.26. The van der Waals surface area contributed by atoms with Crippen molar-refractivity contribution in [2.45, 2.75) is 25.8 Å². The van der Waals surface area contributed by atoms with Crippen LogP contribution in [-0.2, 0) is 9.84 Å². The fraction of sp³-hybridized carbons (Fsp3) is 0.583. The monoisotopic (exact) mass is 287 g/mol. The summed E-state index contributed by atoms with van der Waals surface area (Å²) < 4.78 is 28.1. The molecule has 0 radical (unpaired) electrons. The van der Waals surface area contributed by atoms with Crippen molar-refractivity contribution >= 4 is 9.84 Å². The lowest BCUT2D eigenvalue weighted by molar-refractivity contribution is 0.393. The van der Waals surface area contributed by atoms with E-state index in [1.165, 1.54) is 0 Å². The van der Waals surface area contributed by atoms with E-state index >= 15 is 0 Å². The molecule has 0 aliphatic carbocycles. The summed E-state index contributed by atoms with van der Waals surface area (Å²) in [6.07, 6.45) is 4.44. The highest BCUT2D eigenvalue weighted by molar-refractivity contribution is 7.91. The van der Waals surface area contributed by atoms with Crippen LogP contribution in [0.1, 0.15) is 31.4 Å². The zero-order valence-corrected chi connectivity index (χ0v) is 12.1. The van der Waals surface area contributed by atoms with Crippen LogP contribution in [-0.4, -0.2) is 32.0 Å². The predicted octanol–water partition coefficient (Wildman–Crippen LogP) is 0.810. The summed E-state index contributed by atoms with van der Waals surface area (Å²) in [5.41, 5.74) is 3.58. The molecule has 7 heteroatoms. The molecule has 6 nitrogen and oxygen atoms in total. The van der Waals surface area contributed by atoms with Gasteiger partial charge in [-0.05, 0) is 18.9 Å². The van der Waals surface area contributed by atoms with E-state index in [2.05, 4.69) is 10.4 Å². The van der Waals surface area contributed by atoms with E-state index in [0.717, 1.165) is 5.56 Å². The summed E-state index contributed by atoms with van der Waals surface area (Å²) in [6, 6.07) is 1.67. The smallest absolute Gasteiger partial charge is 0.150 e. The number of ether oxygens (including phenoxy) is 1. The molecule has 1 atom stereocenters. The molecule has 1 unspecified atom stereocenters. The molecule has 0 spiro atoms. The summed E-state index contributed by atoms with van der Waals surface area (Å²) in [5, 5.41) is 0. The Kier molecular flexibility index (Phi) is 6.20. The van der Waals surface area contributed by atoms with Gasteiger partial charge in [-0.25, -0.2) is 8.42 Å². The Morgan fingerprint density at radius 1 is 1.53 bits per heavy atom. The number of hydrogen-bond donors (Lipinski definition) is 2. The fourth-order valence-corrected chi connectivity index (χ4v) is 2.72. The minimum Gasteiger partial charge on any atom is -0.495 e. The first kappa shape index (κ1) is 15.9. The third kappa shape index (κ3) is 4.77. The van der Waals surface area contributed by atoms with Crippen LogP contribution in [0.2, 0.25) is 0 Å². The van der Waals surface area contributed by atoms with Crippen molar-refractivity contribution in [2.24, 2.45) is 5.84 Å². The van der Waals surface area contributed by atoms with Gasteiger partial charge in [0, 0.05) is 23.6 Å². The molecule has 0 amide bonds. The molecule has 1 rings (SSSR count). The van der Waals surface area contributed by atoms with Gasteiger partial charge in [-0.15, -0.1) is 0 Å². The van der Waals surface area contributed by atoms with Crippen molar-refractivity contribution in [2.75, 3.05) is 18.6 Å². The first-order chi connectivity index (χ1) is 9.04. The van der Waals surface area contributed by atoms with Crippen molar-refractivity contribution in [3.05, 3.63) is 24.0 Å². The van der Waals surface area contributed by atoms with Gasteiger partial charge in [0.2, 0.25) is 0 Å². The van der Waals surface area contributed by atoms with Crippen molar-refractivity contribution < 1.29 is 13.2 Å². The summed E-state index contributed by atoms with van der Waals surface area (Å²) in [7, 11) is -1.37. The van der Waals surface area contributed by atoms with E-state index in [1.54, 1.807) is 26.4 Å². The topological polar surface area (TPSA) is 94.3 Å². The standard InChI is InChI=1S/C12H21N3O3S/c1-3-19(16,17)8-4-5-11(15-13)10-6-7-14-9-12(10)18-2/h6-7,9,11,15H,3-5,8,13H2,1-2H3. The van der Waals surface area contributed by atoms with Gasteiger partial charge in [-0.1, -0.05) is 6.92 Å². The number of methoxy groups -OCH3 is 1. The van der Waals surface area contributed by atoms with Gasteiger partial charge in [-0.3, -0.25) is 16.3 Å². The van der Waals surface area contributed by atoms with E-state index in [9.17, 15) is 8.42 Å². The lowest BCUT2D eigenvalue weighted by Gasteiger charge is -2.18. The summed E-state index contributed by atoms with van der Waals surface area (Å²) >= 11 is 0. The maximum Gasteiger partial charge on any atom is 0.150 e. The van der Waals surface area contributed by atoms with Crippen LogP contribution in [0.4, 0.5) is 0 Å². The Bertz CT molecular complexity index is 491. The number of nitrogens with two attached hydrogens (primary N) is 1. The van der Waals surface area contributed by atoms with E-state index < -0.39 is 9.84 Å². The van der Waals surface area contributed by atoms with E-state index in [0.29, 0.717) is 18.6 Å². The second-order valence-electron chi connectivity index (χ2n) is 4.22. The first-order valence-corrected chi connectivity index (χ1v) is 8.00. The van der Waals surface area contributed by atoms with Gasteiger partial charge in [0.1, 0.15) is 15.6 Å². The highest BCUT2D eigenvalue weighted by Gasteiger charge is 2.16. The number of nitrogens with zero attached hydrogens (tertiary/aromatic N) is 1. The second-order valence-corrected chi connectivity index (χ2v) is 6.69. The number of hydrazine groups is 1. The molecular weight excluding hydrogens is 266 g/mol. The van der Waals surface area contributed by atoms with Crippen molar-refractivity contribution in [3.63, 3.8) is 0 Å². The molecule has 1 aromatic rings. The van der Waals surface area contributed by atoms with Crippen LogP contribution < -0.4 is 16.0 Å². The number of nitrogens with one attached hydrogen (secondary N) is 1. The van der Waals surface area contributed by atoms with Gasteiger partial charge in [0.15, 0.2) is 0 Å². The molecule has 0 aromatic carbocycles. The minimum atomic E-state index is -2.93. The Balaban J connectivity index is 2.68. The Hall–Kier alpha value is -1.18. The molecule has 0 aliphatic heterocycles. The van der Waals surface area contributed by atoms with E-state index in [-0.39, 0.29) is 17.5 Å². The third-order valence-electron chi connectivity index (χ3n) is 3.00. The summed E-state index contributed by atoms with van der Waals surface area (Å²) in [6.45, 7) is 1.65. The zero-order valence-electron chi connectivity index (χ0n) is 11.3. The van der Waals surface area contributed by atoms with Gasteiger partial charge in [0.25, 0.3) is 0 Å². The normalized spacial score (nSPS) is 13.2. The number of hydrogen-bond acceptors (Lipinski definition) is 6. The maximum absolute atomic E-state index is 11.4. The van der Waals surface area contributed by atoms with Crippen LogP contribution in [0.15, 0.2) is 18.5 Å². The quantitative estimate of drug-likeness (QED) is 0.543. The number of aromatic nitrogens is 1. The molecule has 19 heavy (non-hydrogen) atoms. The molecule has 0 saturated carbocycles. The molecular formula is C12H21N3O3S. The number of rotatable bonds is 8. The van der Waals surface area contributed by atoms with Gasteiger partial charge < -0.3 is 4.74 Å². The van der Waals surface area contributed by atoms with E-state index in [4.69, 9.17) is 10.6 Å². The van der Waals surface area contributed by atoms with Crippen molar-refractivity contribution in [1.82, 2.24) is 10.4 Å². The Labute approximate surface area is 114 Å². The van der Waals surface area contributed by atoms with Gasteiger partial charge in [-0.2, -0.15) is 0 Å². The largest absolute Gasteiger partial charge is 0.495 e. The third-order valence-corrected chi connectivity index (χ3v) is 4.79. The highest BCUT2D eigenvalue weighted by atomic mass is 32.2. The van der Waals surface area contributed by atoms with Crippen LogP contribution >= 0.6 is 0 Å². The summed E-state index contributed by atoms with van der Waals surface area (Å²) in [4.78, 5) is 3.98. The van der Waals surface area contributed by atoms with E-state index in [1.807, 2.05) is 6.07 Å². The Morgan fingerprint density at radius 3 is 2.84 bits per heavy atom. The number of sulfone groups is 1. The molecule has 108 valence electrons. The molecule has 3 N–H and O–H groups in total.